The summed E-state index contributed by atoms with van der Waals surface area (Å²) in [5, 5.41) is 0. The van der Waals surface area contributed by atoms with Crippen LogP contribution in [-0.2, 0) is 32.5 Å². The third-order valence-corrected chi connectivity index (χ3v) is 5.52. The van der Waals surface area contributed by atoms with E-state index in [9.17, 15) is 22.8 Å². The van der Waals surface area contributed by atoms with Crippen molar-refractivity contribution in [1.29, 1.82) is 0 Å². The zero-order chi connectivity index (χ0) is 21.2. The highest BCUT2D eigenvalue weighted by molar-refractivity contribution is 7.90. The number of hydrogen-bond acceptors (Lipinski definition) is 6. The Morgan fingerprint density at radius 2 is 1.62 bits per heavy atom. The summed E-state index contributed by atoms with van der Waals surface area (Å²) >= 11 is 0. The molecule has 0 N–H and O–H groups in total. The van der Waals surface area contributed by atoms with Gasteiger partial charge in [0, 0.05) is 6.26 Å². The number of ether oxygens (including phenoxy) is 1. The lowest BCUT2D eigenvalue weighted by molar-refractivity contribution is -0.143. The number of carbonyl (C=O) groups is 1. The van der Waals surface area contributed by atoms with Gasteiger partial charge in [0.25, 0.3) is 0 Å². The van der Waals surface area contributed by atoms with Crippen molar-refractivity contribution < 1.29 is 17.9 Å². The molecule has 0 amide bonds. The average Bonchev–Trinajstić information content (AvgIpc) is 2.68. The standard InChI is InChI=1S/C20H20N2O6S/c1-3-28-18(23)13-22-17-11-15(29(2,26)27)9-10-16(17)21(19(24)20(22)25)12-14-7-5-4-6-8-14/h4-11H,3,12-13H2,1-2H3. The van der Waals surface area contributed by atoms with Crippen LogP contribution >= 0.6 is 0 Å². The van der Waals surface area contributed by atoms with Gasteiger partial charge in [0.15, 0.2) is 9.84 Å². The summed E-state index contributed by atoms with van der Waals surface area (Å²) in [5.41, 5.74) is -0.424. The molecule has 0 spiro atoms. The molecule has 2 aromatic carbocycles. The minimum absolute atomic E-state index is 0.0214. The van der Waals surface area contributed by atoms with Gasteiger partial charge in [-0.1, -0.05) is 30.3 Å². The maximum atomic E-state index is 12.8. The predicted molar refractivity (Wildman–Crippen MR) is 108 cm³/mol. The van der Waals surface area contributed by atoms with Gasteiger partial charge in [-0.3, -0.25) is 23.5 Å². The fraction of sp³-hybridized carbons (Fsp3) is 0.250. The lowest BCUT2D eigenvalue weighted by Gasteiger charge is -2.15. The fourth-order valence-electron chi connectivity index (χ4n) is 3.04. The topological polar surface area (TPSA) is 104 Å². The highest BCUT2D eigenvalue weighted by atomic mass is 32.2. The Morgan fingerprint density at radius 1 is 0.966 bits per heavy atom. The molecule has 0 atom stereocenters. The quantitative estimate of drug-likeness (QED) is 0.441. The van der Waals surface area contributed by atoms with Gasteiger partial charge in [0.1, 0.15) is 6.54 Å². The van der Waals surface area contributed by atoms with Crippen LogP contribution in [0.15, 0.2) is 63.0 Å². The van der Waals surface area contributed by atoms with Gasteiger partial charge in [-0.05, 0) is 30.7 Å². The highest BCUT2D eigenvalue weighted by Crippen LogP contribution is 2.18. The van der Waals surface area contributed by atoms with Crippen molar-refractivity contribution in [1.82, 2.24) is 9.13 Å². The monoisotopic (exact) mass is 416 g/mol. The van der Waals surface area contributed by atoms with Crippen molar-refractivity contribution in [3.8, 4) is 0 Å². The van der Waals surface area contributed by atoms with Gasteiger partial charge in [0.2, 0.25) is 0 Å². The van der Waals surface area contributed by atoms with E-state index in [-0.39, 0.29) is 23.6 Å². The number of benzene rings is 2. The number of carbonyl (C=O) groups excluding carboxylic acids is 1. The lowest BCUT2D eigenvalue weighted by atomic mass is 10.2. The third-order valence-electron chi connectivity index (χ3n) is 4.41. The van der Waals surface area contributed by atoms with Crippen LogP contribution in [0.5, 0.6) is 0 Å². The fourth-order valence-corrected chi connectivity index (χ4v) is 3.68. The molecule has 152 valence electrons. The van der Waals surface area contributed by atoms with Crippen molar-refractivity contribution in [2.45, 2.75) is 24.9 Å². The van der Waals surface area contributed by atoms with Gasteiger partial charge in [-0.15, -0.1) is 0 Å². The van der Waals surface area contributed by atoms with Crippen molar-refractivity contribution in [2.24, 2.45) is 0 Å². The molecule has 3 rings (SSSR count). The molecule has 0 unspecified atom stereocenters. The van der Waals surface area contributed by atoms with Crippen LogP contribution in [0.4, 0.5) is 0 Å². The van der Waals surface area contributed by atoms with E-state index < -0.39 is 33.5 Å². The van der Waals surface area contributed by atoms with Crippen molar-refractivity contribution in [3.05, 3.63) is 74.8 Å². The van der Waals surface area contributed by atoms with Crippen LogP contribution in [0.3, 0.4) is 0 Å². The summed E-state index contributed by atoms with van der Waals surface area (Å²) in [5.74, 6) is -0.694. The van der Waals surface area contributed by atoms with E-state index in [1.54, 1.807) is 6.92 Å². The molecule has 0 bridgehead atoms. The van der Waals surface area contributed by atoms with Crippen molar-refractivity contribution in [2.75, 3.05) is 12.9 Å². The first-order chi connectivity index (χ1) is 13.7. The maximum Gasteiger partial charge on any atom is 0.326 e. The van der Waals surface area contributed by atoms with Crippen molar-refractivity contribution >= 4 is 26.8 Å². The Balaban J connectivity index is 2.31. The Labute approximate surface area is 166 Å². The Bertz CT molecular complexity index is 1290. The van der Waals surface area contributed by atoms with Crippen LogP contribution in [0.25, 0.3) is 11.0 Å². The predicted octanol–water partition coefficient (Wildman–Crippen LogP) is 1.18. The largest absolute Gasteiger partial charge is 0.465 e. The molecule has 0 aliphatic rings. The summed E-state index contributed by atoms with van der Waals surface area (Å²) in [6.07, 6.45) is 1.04. The number of sulfone groups is 1. The first-order valence-electron chi connectivity index (χ1n) is 8.89. The molecule has 3 aromatic rings. The van der Waals surface area contributed by atoms with Crippen LogP contribution in [-0.4, -0.2) is 36.4 Å². The maximum absolute atomic E-state index is 12.8. The first kappa shape index (κ1) is 20.5. The smallest absolute Gasteiger partial charge is 0.326 e. The highest BCUT2D eigenvalue weighted by Gasteiger charge is 2.18. The normalized spacial score (nSPS) is 11.5. The molecule has 0 saturated heterocycles. The summed E-state index contributed by atoms with van der Waals surface area (Å²) in [4.78, 5) is 37.5. The molecule has 0 fully saturated rings. The number of esters is 1. The molecular formula is C20H20N2O6S. The summed E-state index contributed by atoms with van der Waals surface area (Å²) < 4.78 is 31.1. The third kappa shape index (κ3) is 4.29. The number of hydrogen-bond donors (Lipinski definition) is 0. The summed E-state index contributed by atoms with van der Waals surface area (Å²) in [7, 11) is -3.56. The molecule has 0 saturated carbocycles. The van der Waals surface area contributed by atoms with E-state index in [1.165, 1.54) is 22.8 Å². The molecule has 1 aromatic heterocycles. The Hall–Kier alpha value is -3.20. The Kier molecular flexibility index (Phi) is 5.69. The van der Waals surface area contributed by atoms with E-state index in [2.05, 4.69) is 0 Å². The molecule has 0 aliphatic carbocycles. The van der Waals surface area contributed by atoms with E-state index in [0.717, 1.165) is 16.4 Å². The zero-order valence-electron chi connectivity index (χ0n) is 16.0. The molecular weight excluding hydrogens is 396 g/mol. The second kappa shape index (κ2) is 8.04. The van der Waals surface area contributed by atoms with Gasteiger partial charge >= 0.3 is 17.1 Å². The number of nitrogens with zero attached hydrogens (tertiary/aromatic N) is 2. The van der Waals surface area contributed by atoms with E-state index in [4.69, 9.17) is 4.74 Å². The van der Waals surface area contributed by atoms with Gasteiger partial charge < -0.3 is 4.74 Å². The minimum Gasteiger partial charge on any atom is -0.465 e. The average molecular weight is 416 g/mol. The second-order valence-electron chi connectivity index (χ2n) is 6.50. The van der Waals surface area contributed by atoms with Crippen LogP contribution in [0.2, 0.25) is 0 Å². The molecule has 8 nitrogen and oxygen atoms in total. The van der Waals surface area contributed by atoms with Gasteiger partial charge in [-0.25, -0.2) is 8.42 Å². The molecule has 0 radical (unpaired) electrons. The number of rotatable bonds is 6. The molecule has 9 heteroatoms. The minimum atomic E-state index is -3.56. The van der Waals surface area contributed by atoms with E-state index in [1.807, 2.05) is 30.3 Å². The summed E-state index contributed by atoms with van der Waals surface area (Å²) in [6.45, 7) is 1.38. The lowest BCUT2D eigenvalue weighted by Crippen LogP contribution is -2.43. The van der Waals surface area contributed by atoms with E-state index in [0.29, 0.717) is 5.52 Å². The van der Waals surface area contributed by atoms with Crippen molar-refractivity contribution in [3.63, 3.8) is 0 Å². The molecule has 29 heavy (non-hydrogen) atoms. The number of aromatic nitrogens is 2. The van der Waals surface area contributed by atoms with Crippen LogP contribution in [0.1, 0.15) is 12.5 Å². The first-order valence-corrected chi connectivity index (χ1v) is 10.8. The van der Waals surface area contributed by atoms with Crippen LogP contribution < -0.4 is 11.1 Å². The molecule has 0 aliphatic heterocycles. The second-order valence-corrected chi connectivity index (χ2v) is 8.51. The van der Waals surface area contributed by atoms with Crippen LogP contribution in [0, 0.1) is 0 Å². The van der Waals surface area contributed by atoms with E-state index >= 15 is 0 Å². The van der Waals surface area contributed by atoms with Gasteiger partial charge in [-0.2, -0.15) is 0 Å². The summed E-state index contributed by atoms with van der Waals surface area (Å²) in [6, 6.07) is 13.2. The number of fused-ring (bicyclic) bond motifs is 1. The van der Waals surface area contributed by atoms with Gasteiger partial charge in [0.05, 0.1) is 29.1 Å². The SMILES string of the molecule is CCOC(=O)Cn1c(=O)c(=O)n(Cc2ccccc2)c2ccc(S(C)(=O)=O)cc21. The zero-order valence-corrected chi connectivity index (χ0v) is 16.8. The molecule has 1 heterocycles. The Morgan fingerprint density at radius 3 is 2.24 bits per heavy atom.